The average Bonchev–Trinajstić information content (AvgIpc) is 3.26. The Kier molecular flexibility index (Phi) is 18.1. The molecule has 62 heavy (non-hydrogen) atoms. The van der Waals surface area contributed by atoms with E-state index in [9.17, 15) is 13.5 Å². The van der Waals surface area contributed by atoms with Crippen molar-refractivity contribution in [2.75, 3.05) is 33.7 Å². The van der Waals surface area contributed by atoms with E-state index in [0.29, 0.717) is 13.0 Å². The zero-order chi connectivity index (χ0) is 44.7. The van der Waals surface area contributed by atoms with Gasteiger partial charge in [0.1, 0.15) is 6.79 Å². The number of aliphatic hydroxyl groups excluding tert-OH is 1. The van der Waals surface area contributed by atoms with Crippen molar-refractivity contribution < 1.29 is 31.9 Å². The van der Waals surface area contributed by atoms with Gasteiger partial charge in [0.25, 0.3) is 16.6 Å². The van der Waals surface area contributed by atoms with Gasteiger partial charge in [-0.1, -0.05) is 200 Å². The first kappa shape index (κ1) is 49.3. The van der Waals surface area contributed by atoms with Crippen molar-refractivity contribution >= 4 is 47.2 Å². The molecule has 5 aromatic rings. The second kappa shape index (κ2) is 22.8. The number of methoxy groups -OCH3 is 1. The Balaban J connectivity index is 1.34. The minimum Gasteiger partial charge on any atom is -0.407 e. The van der Waals surface area contributed by atoms with Gasteiger partial charge in [0.15, 0.2) is 9.84 Å². The third-order valence-corrected chi connectivity index (χ3v) is 24.6. The summed E-state index contributed by atoms with van der Waals surface area (Å²) in [6.07, 6.45) is 2.94. The Morgan fingerprint density at radius 1 is 0.532 bits per heavy atom. The van der Waals surface area contributed by atoms with Crippen LogP contribution in [-0.4, -0.2) is 75.2 Å². The monoisotopic (exact) mass is 894 g/mol. The summed E-state index contributed by atoms with van der Waals surface area (Å²) >= 11 is 0. The lowest BCUT2D eigenvalue weighted by Crippen LogP contribution is -2.66. The van der Waals surface area contributed by atoms with Crippen molar-refractivity contribution in [1.29, 1.82) is 0 Å². The van der Waals surface area contributed by atoms with Crippen molar-refractivity contribution in [3.05, 3.63) is 152 Å². The molecule has 0 fully saturated rings. The summed E-state index contributed by atoms with van der Waals surface area (Å²) in [6, 6.07) is 50.6. The Morgan fingerprint density at radius 2 is 0.919 bits per heavy atom. The molecule has 7 nitrogen and oxygen atoms in total. The van der Waals surface area contributed by atoms with Crippen molar-refractivity contribution in [2.45, 2.75) is 106 Å². The summed E-state index contributed by atoms with van der Waals surface area (Å²) in [5.41, 5.74) is 0. The summed E-state index contributed by atoms with van der Waals surface area (Å²) in [5, 5.41) is 15.5. The topological polar surface area (TPSA) is 91.3 Å². The Morgan fingerprint density at radius 3 is 1.32 bits per heavy atom. The largest absolute Gasteiger partial charge is 0.407 e. The molecule has 0 saturated heterocycles. The predicted octanol–water partition coefficient (Wildman–Crippen LogP) is 8.92. The first-order chi connectivity index (χ1) is 29.7. The summed E-state index contributed by atoms with van der Waals surface area (Å²) < 4.78 is 54.9. The molecule has 3 unspecified atom stereocenters. The summed E-state index contributed by atoms with van der Waals surface area (Å²) in [6.45, 7) is 14.5. The van der Waals surface area contributed by atoms with Crippen LogP contribution in [0.3, 0.4) is 0 Å². The van der Waals surface area contributed by atoms with Crippen LogP contribution in [0.2, 0.25) is 10.1 Å². The quantitative estimate of drug-likeness (QED) is 0.0376. The van der Waals surface area contributed by atoms with E-state index in [1.165, 1.54) is 10.4 Å². The maximum Gasteiger partial charge on any atom is 0.261 e. The van der Waals surface area contributed by atoms with Gasteiger partial charge >= 0.3 is 0 Å². The molecule has 1 N–H and O–H groups in total. The van der Waals surface area contributed by atoms with Crippen LogP contribution in [0.5, 0.6) is 0 Å². The number of sulfone groups is 1. The molecule has 334 valence electrons. The SMILES string of the molecule is COCOCC(CCCCCCO[Si](c1ccccc1)(c1ccccc1)C(C)(C)C)C(C(O)CCO[Si](c1ccccc1)(c1ccccc1)C(C)(C)C)S(=O)(=O)c1ccccc1. The molecular weight excluding hydrogens is 825 g/mol. The van der Waals surface area contributed by atoms with Gasteiger partial charge in [0, 0.05) is 26.2 Å². The van der Waals surface area contributed by atoms with Crippen LogP contribution in [0.15, 0.2) is 157 Å². The summed E-state index contributed by atoms with van der Waals surface area (Å²) in [5.74, 6) is -0.494. The standard InChI is InChI=1S/C52H70O7SSi2/c1-51(2,3)61(45-30-18-11-19-31-45,46-32-20-12-21-33-46)58-39-26-9-8-15-27-43(41-57-42-56-7)50(60(54,55)44-28-16-10-17-29-44)49(53)38-40-59-62(52(4,5)6,47-34-22-13-23-35-47)48-36-24-14-25-37-48/h10-14,16-25,28-37,43,49-50,53H,8-9,15,26-27,38-42H2,1-7H3. The normalized spacial score (nSPS) is 14.3. The van der Waals surface area contributed by atoms with E-state index in [1.807, 2.05) is 36.4 Å². The van der Waals surface area contributed by atoms with E-state index in [-0.39, 0.29) is 41.4 Å². The number of ether oxygens (including phenoxy) is 2. The van der Waals surface area contributed by atoms with Gasteiger partial charge in [0.05, 0.1) is 22.9 Å². The number of benzene rings is 5. The summed E-state index contributed by atoms with van der Waals surface area (Å²) in [7, 11) is -8.01. The fourth-order valence-electron chi connectivity index (χ4n) is 9.27. The summed E-state index contributed by atoms with van der Waals surface area (Å²) in [4.78, 5) is 0.189. The molecule has 0 aliphatic carbocycles. The van der Waals surface area contributed by atoms with Gasteiger partial charge < -0.3 is 23.4 Å². The highest BCUT2D eigenvalue weighted by molar-refractivity contribution is 7.92. The average molecular weight is 895 g/mol. The Bertz CT molecular complexity index is 2050. The van der Waals surface area contributed by atoms with Gasteiger partial charge in [-0.05, 0) is 62.2 Å². The number of aliphatic hydroxyl groups is 1. The minimum absolute atomic E-state index is 0.0290. The lowest BCUT2D eigenvalue weighted by molar-refractivity contribution is -0.0494. The Hall–Kier alpha value is -3.72. The third kappa shape index (κ3) is 11.7. The second-order valence-corrected chi connectivity index (χ2v) is 29.2. The molecule has 0 amide bonds. The molecule has 0 aromatic heterocycles. The van der Waals surface area contributed by atoms with E-state index >= 15 is 0 Å². The van der Waals surface area contributed by atoms with Gasteiger partial charge in [-0.2, -0.15) is 0 Å². The van der Waals surface area contributed by atoms with Crippen molar-refractivity contribution in [2.24, 2.45) is 5.92 Å². The van der Waals surface area contributed by atoms with Crippen LogP contribution in [0, 0.1) is 5.92 Å². The number of hydrogen-bond acceptors (Lipinski definition) is 7. The molecule has 5 aromatic carbocycles. The molecule has 0 aliphatic heterocycles. The van der Waals surface area contributed by atoms with Crippen molar-refractivity contribution in [3.63, 3.8) is 0 Å². The lowest BCUT2D eigenvalue weighted by atomic mass is 9.93. The van der Waals surface area contributed by atoms with Crippen LogP contribution in [0.1, 0.15) is 80.1 Å². The highest BCUT2D eigenvalue weighted by Gasteiger charge is 2.51. The lowest BCUT2D eigenvalue weighted by Gasteiger charge is -2.43. The van der Waals surface area contributed by atoms with Crippen LogP contribution >= 0.6 is 0 Å². The molecule has 0 bridgehead atoms. The first-order valence-corrected chi connectivity index (χ1v) is 27.6. The zero-order valence-electron chi connectivity index (χ0n) is 38.0. The van der Waals surface area contributed by atoms with E-state index in [4.69, 9.17) is 18.3 Å². The maximum absolute atomic E-state index is 14.7. The molecule has 0 aliphatic rings. The molecule has 10 heteroatoms. The van der Waals surface area contributed by atoms with Gasteiger partial charge in [-0.25, -0.2) is 8.42 Å². The van der Waals surface area contributed by atoms with Crippen LogP contribution in [0.25, 0.3) is 0 Å². The molecule has 0 radical (unpaired) electrons. The zero-order valence-corrected chi connectivity index (χ0v) is 40.9. The molecule has 0 spiro atoms. The second-order valence-electron chi connectivity index (χ2n) is 18.4. The number of unbranched alkanes of at least 4 members (excludes halogenated alkanes) is 3. The van der Waals surface area contributed by atoms with E-state index in [1.54, 1.807) is 37.4 Å². The number of hydrogen-bond donors (Lipinski definition) is 1. The maximum atomic E-state index is 14.7. The van der Waals surface area contributed by atoms with Crippen LogP contribution < -0.4 is 20.7 Å². The van der Waals surface area contributed by atoms with E-state index < -0.39 is 43.7 Å². The molecule has 0 heterocycles. The van der Waals surface area contributed by atoms with Crippen LogP contribution in [0.4, 0.5) is 0 Å². The van der Waals surface area contributed by atoms with Crippen molar-refractivity contribution in [1.82, 2.24) is 0 Å². The van der Waals surface area contributed by atoms with Gasteiger partial charge in [0.2, 0.25) is 0 Å². The smallest absolute Gasteiger partial charge is 0.261 e. The predicted molar refractivity (Wildman–Crippen MR) is 260 cm³/mol. The van der Waals surface area contributed by atoms with E-state index in [0.717, 1.165) is 36.1 Å². The van der Waals surface area contributed by atoms with Gasteiger partial charge in [-0.3, -0.25) is 0 Å². The van der Waals surface area contributed by atoms with Gasteiger partial charge in [-0.15, -0.1) is 0 Å². The molecular formula is C52H70O7SSi2. The molecule has 0 saturated carbocycles. The fourth-order valence-corrected chi connectivity index (χ4v) is 20.6. The minimum atomic E-state index is -4.00. The highest BCUT2D eigenvalue weighted by Crippen LogP contribution is 2.39. The number of rotatable bonds is 24. The molecule has 5 rings (SSSR count). The highest BCUT2D eigenvalue weighted by atomic mass is 32.2. The van der Waals surface area contributed by atoms with E-state index in [2.05, 4.69) is 126 Å². The fraction of sp³-hybridized carbons (Fsp3) is 0.423. The first-order valence-electron chi connectivity index (χ1n) is 22.2. The van der Waals surface area contributed by atoms with Crippen molar-refractivity contribution in [3.8, 4) is 0 Å². The third-order valence-electron chi connectivity index (χ3n) is 12.2. The molecule has 3 atom stereocenters. The van der Waals surface area contributed by atoms with Crippen LogP contribution in [-0.2, 0) is 28.2 Å². The Labute approximate surface area is 375 Å².